The Labute approximate surface area is 39.9 Å². The van der Waals surface area contributed by atoms with Gasteiger partial charge in [-0.15, -0.1) is 0 Å². The molecule has 2 nitrogen and oxygen atoms in total. The maximum atomic E-state index is 4.55. The molecule has 0 saturated carbocycles. The van der Waals surface area contributed by atoms with E-state index in [2.05, 4.69) is 15.5 Å². The fourth-order valence-corrected chi connectivity index (χ4v) is 0.246. The summed E-state index contributed by atoms with van der Waals surface area (Å²) in [5.41, 5.74) is 0. The fourth-order valence-electron chi connectivity index (χ4n) is 0.0821. The zero-order chi connectivity index (χ0) is 4.83. The van der Waals surface area contributed by atoms with E-state index in [1.807, 2.05) is 0 Å². The highest BCUT2D eigenvalue weighted by atomic mass is 31.1. The van der Waals surface area contributed by atoms with Crippen molar-refractivity contribution in [2.75, 3.05) is 0 Å². The van der Waals surface area contributed by atoms with Crippen LogP contribution < -0.4 is 0 Å². The maximum Gasteiger partial charge on any atom is 0.266 e. The van der Waals surface area contributed by atoms with E-state index in [9.17, 15) is 0 Å². The lowest BCUT2D eigenvalue weighted by Gasteiger charge is -1.91. The van der Waals surface area contributed by atoms with Crippen LogP contribution >= 0.6 is 9.03 Å². The van der Waals surface area contributed by atoms with Gasteiger partial charge in [0.1, 0.15) is 0 Å². The summed E-state index contributed by atoms with van der Waals surface area (Å²) < 4.78 is 9.07. The summed E-state index contributed by atoms with van der Waals surface area (Å²) in [7, 11) is 1.67. The standard InChI is InChI=1S/C2H6BO2P/c1-2-4-6-5-3/h2,6H,1,3H2. The Kier molecular flexibility index (Phi) is 4.99. The molecule has 6 heavy (non-hydrogen) atoms. The molecule has 0 aliphatic heterocycles. The van der Waals surface area contributed by atoms with Gasteiger partial charge in [0, 0.05) is 0 Å². The van der Waals surface area contributed by atoms with Crippen molar-refractivity contribution >= 4 is 17.1 Å². The van der Waals surface area contributed by atoms with E-state index in [1.165, 1.54) is 6.26 Å². The quantitative estimate of drug-likeness (QED) is 0.220. The lowest BCUT2D eigenvalue weighted by Crippen LogP contribution is -1.62. The zero-order valence-electron chi connectivity index (χ0n) is 3.60. The third-order valence-corrected chi connectivity index (χ3v) is 0.644. The van der Waals surface area contributed by atoms with Gasteiger partial charge in [-0.3, -0.25) is 0 Å². The molecule has 0 amide bonds. The molecule has 34 valence electrons. The average molecular weight is 104 g/mol. The van der Waals surface area contributed by atoms with Gasteiger partial charge in [-0.2, -0.15) is 0 Å². The van der Waals surface area contributed by atoms with Gasteiger partial charge in [0.05, 0.1) is 6.26 Å². The average Bonchev–Trinajstić information content (AvgIpc) is 1.61. The summed E-state index contributed by atoms with van der Waals surface area (Å²) in [5.74, 6) is 0. The SMILES string of the molecule is BOPOC=C. The normalized spacial score (nSPS) is 9.33. The Morgan fingerprint density at radius 3 is 2.67 bits per heavy atom. The Bertz CT molecular complexity index is 40.5. The summed E-state index contributed by atoms with van der Waals surface area (Å²) in [6.45, 7) is 3.30. The van der Waals surface area contributed by atoms with E-state index >= 15 is 0 Å². The highest BCUT2D eigenvalue weighted by Crippen LogP contribution is 2.08. The monoisotopic (exact) mass is 104 g/mol. The first kappa shape index (κ1) is 5.99. The third kappa shape index (κ3) is 3.99. The van der Waals surface area contributed by atoms with Gasteiger partial charge in [-0.05, 0) is 0 Å². The minimum Gasteiger partial charge on any atom is -0.459 e. The molecular formula is C2H6BO2P. The van der Waals surface area contributed by atoms with E-state index in [4.69, 9.17) is 0 Å². The largest absolute Gasteiger partial charge is 0.459 e. The van der Waals surface area contributed by atoms with Crippen molar-refractivity contribution in [1.82, 2.24) is 0 Å². The number of rotatable bonds is 3. The minimum absolute atomic E-state index is 0.0968. The van der Waals surface area contributed by atoms with Crippen LogP contribution in [0.15, 0.2) is 12.8 Å². The van der Waals surface area contributed by atoms with E-state index < -0.39 is 0 Å². The molecule has 0 radical (unpaired) electrons. The van der Waals surface area contributed by atoms with Gasteiger partial charge < -0.3 is 8.96 Å². The third-order valence-electron chi connectivity index (χ3n) is 0.215. The van der Waals surface area contributed by atoms with Crippen LogP contribution in [0.5, 0.6) is 0 Å². The van der Waals surface area contributed by atoms with Crippen LogP contribution in [0.3, 0.4) is 0 Å². The molecule has 0 aromatic carbocycles. The number of hydrogen-bond donors (Lipinski definition) is 0. The second-order valence-corrected chi connectivity index (χ2v) is 1.38. The van der Waals surface area contributed by atoms with Crippen molar-refractivity contribution in [1.29, 1.82) is 0 Å². The topological polar surface area (TPSA) is 18.5 Å². The van der Waals surface area contributed by atoms with Crippen molar-refractivity contribution < 1.29 is 8.96 Å². The molecule has 0 bridgehead atoms. The van der Waals surface area contributed by atoms with Crippen molar-refractivity contribution in [3.63, 3.8) is 0 Å². The van der Waals surface area contributed by atoms with Gasteiger partial charge in [0.2, 0.25) is 0 Å². The first-order chi connectivity index (χ1) is 2.91. The van der Waals surface area contributed by atoms with Crippen LogP contribution in [-0.2, 0) is 8.96 Å². The van der Waals surface area contributed by atoms with E-state index in [-0.39, 0.29) is 9.03 Å². The van der Waals surface area contributed by atoms with Crippen LogP contribution in [0, 0.1) is 0 Å². The molecule has 0 aromatic rings. The lowest BCUT2D eigenvalue weighted by molar-refractivity contribution is 0.486. The Balaban J connectivity index is 2.49. The lowest BCUT2D eigenvalue weighted by atomic mass is 10.6. The van der Waals surface area contributed by atoms with Gasteiger partial charge in [-0.25, -0.2) is 0 Å². The summed E-state index contributed by atoms with van der Waals surface area (Å²) in [4.78, 5) is 0. The Morgan fingerprint density at radius 1 is 1.83 bits per heavy atom. The summed E-state index contributed by atoms with van der Waals surface area (Å²) in [5, 5.41) is 0. The van der Waals surface area contributed by atoms with E-state index in [0.29, 0.717) is 0 Å². The molecule has 0 spiro atoms. The molecule has 0 fully saturated rings. The fraction of sp³-hybridized carbons (Fsp3) is 0. The second kappa shape index (κ2) is 4.99. The Morgan fingerprint density at radius 2 is 2.50 bits per heavy atom. The van der Waals surface area contributed by atoms with Crippen molar-refractivity contribution in [2.45, 2.75) is 0 Å². The van der Waals surface area contributed by atoms with Crippen molar-refractivity contribution in [3.05, 3.63) is 12.8 Å². The van der Waals surface area contributed by atoms with E-state index in [1.54, 1.807) is 8.05 Å². The minimum atomic E-state index is 0.0968. The molecule has 0 N–H and O–H groups in total. The van der Waals surface area contributed by atoms with Crippen LogP contribution in [0.25, 0.3) is 0 Å². The first-order valence-corrected chi connectivity index (χ1v) is 2.28. The van der Waals surface area contributed by atoms with Gasteiger partial charge in [0.15, 0.2) is 9.03 Å². The molecular weight excluding hydrogens is 97.8 g/mol. The Hall–Kier alpha value is -0.00506. The summed E-state index contributed by atoms with van der Waals surface area (Å²) in [6.07, 6.45) is 1.35. The summed E-state index contributed by atoms with van der Waals surface area (Å²) >= 11 is 0. The van der Waals surface area contributed by atoms with Crippen molar-refractivity contribution in [2.24, 2.45) is 0 Å². The van der Waals surface area contributed by atoms with Crippen LogP contribution in [0.4, 0.5) is 0 Å². The molecule has 0 rings (SSSR count). The summed E-state index contributed by atoms with van der Waals surface area (Å²) in [6, 6.07) is 0. The molecule has 0 aromatic heterocycles. The molecule has 4 heteroatoms. The molecule has 0 aliphatic rings. The van der Waals surface area contributed by atoms with Crippen LogP contribution in [0.1, 0.15) is 0 Å². The van der Waals surface area contributed by atoms with E-state index in [0.717, 1.165) is 0 Å². The van der Waals surface area contributed by atoms with Gasteiger partial charge in [-0.1, -0.05) is 6.58 Å². The zero-order valence-corrected chi connectivity index (χ0v) is 4.60. The number of hydrogen-bond acceptors (Lipinski definition) is 2. The predicted octanol–water partition coefficient (Wildman–Crippen LogP) is 0.220. The van der Waals surface area contributed by atoms with Gasteiger partial charge in [0.25, 0.3) is 8.05 Å². The molecule has 0 heterocycles. The molecule has 1 atom stereocenters. The van der Waals surface area contributed by atoms with Crippen LogP contribution in [0.2, 0.25) is 0 Å². The molecule has 1 unspecified atom stereocenters. The predicted molar refractivity (Wildman–Crippen MR) is 29.2 cm³/mol. The van der Waals surface area contributed by atoms with Crippen molar-refractivity contribution in [3.8, 4) is 0 Å². The maximum absolute atomic E-state index is 4.55. The first-order valence-electron chi connectivity index (χ1n) is 1.46. The highest BCUT2D eigenvalue weighted by molar-refractivity contribution is 7.27. The smallest absolute Gasteiger partial charge is 0.266 e. The molecule has 0 aliphatic carbocycles. The van der Waals surface area contributed by atoms with Gasteiger partial charge >= 0.3 is 0 Å². The second-order valence-electron chi connectivity index (χ2n) is 0.572. The van der Waals surface area contributed by atoms with Crippen LogP contribution in [-0.4, -0.2) is 8.05 Å². The molecule has 0 saturated heterocycles. The highest BCUT2D eigenvalue weighted by Gasteiger charge is 1.67.